The number of aromatic nitrogens is 2. The maximum atomic E-state index is 11.8. The van der Waals surface area contributed by atoms with Crippen molar-refractivity contribution in [2.45, 2.75) is 18.9 Å². The van der Waals surface area contributed by atoms with Crippen LogP contribution < -0.4 is 0 Å². The van der Waals surface area contributed by atoms with Crippen LogP contribution in [0.2, 0.25) is 0 Å². The minimum atomic E-state index is -0.955. The summed E-state index contributed by atoms with van der Waals surface area (Å²) in [7, 11) is 0. The Morgan fingerprint density at radius 1 is 1.60 bits per heavy atom. The topological polar surface area (TPSA) is 83.4 Å². The predicted octanol–water partition coefficient (Wildman–Crippen LogP) is 0.227. The zero-order valence-electron chi connectivity index (χ0n) is 7.79. The highest BCUT2D eigenvalue weighted by Gasteiger charge is 2.35. The van der Waals surface area contributed by atoms with E-state index in [2.05, 4.69) is 9.59 Å². The SMILES string of the molecule is O=C(O)C1CCCN1C(=O)c1csnn1. The van der Waals surface area contributed by atoms with Gasteiger partial charge in [0.05, 0.1) is 0 Å². The van der Waals surface area contributed by atoms with Crippen molar-refractivity contribution in [3.63, 3.8) is 0 Å². The summed E-state index contributed by atoms with van der Waals surface area (Å²) < 4.78 is 3.58. The zero-order valence-corrected chi connectivity index (χ0v) is 8.61. The quantitative estimate of drug-likeness (QED) is 0.781. The fraction of sp³-hybridized carbons (Fsp3) is 0.500. The van der Waals surface area contributed by atoms with E-state index in [4.69, 9.17) is 5.11 Å². The Bertz CT molecular complexity index is 378. The Morgan fingerprint density at radius 3 is 3.00 bits per heavy atom. The highest BCUT2D eigenvalue weighted by molar-refractivity contribution is 7.03. The van der Waals surface area contributed by atoms with Gasteiger partial charge in [-0.3, -0.25) is 4.79 Å². The largest absolute Gasteiger partial charge is 0.480 e. The molecular weight excluding hydrogens is 218 g/mol. The second-order valence-electron chi connectivity index (χ2n) is 3.28. The molecule has 0 aliphatic carbocycles. The third-order valence-electron chi connectivity index (χ3n) is 2.38. The van der Waals surface area contributed by atoms with Crippen molar-refractivity contribution in [3.05, 3.63) is 11.1 Å². The van der Waals surface area contributed by atoms with E-state index in [1.54, 1.807) is 0 Å². The van der Waals surface area contributed by atoms with Crippen LogP contribution in [0.5, 0.6) is 0 Å². The van der Waals surface area contributed by atoms with Crippen molar-refractivity contribution < 1.29 is 14.7 Å². The summed E-state index contributed by atoms with van der Waals surface area (Å²) in [6, 6.07) is -0.709. The lowest BCUT2D eigenvalue weighted by Gasteiger charge is -2.19. The minimum Gasteiger partial charge on any atom is -0.480 e. The number of hydrogen-bond acceptors (Lipinski definition) is 5. The van der Waals surface area contributed by atoms with Crippen LogP contribution in [0.3, 0.4) is 0 Å². The van der Waals surface area contributed by atoms with Crippen molar-refractivity contribution in [1.29, 1.82) is 0 Å². The fourth-order valence-electron chi connectivity index (χ4n) is 1.67. The standard InChI is InChI=1S/C8H9N3O3S/c12-7(5-4-15-10-9-5)11-3-1-2-6(11)8(13)14/h4,6H,1-3H2,(H,13,14). The van der Waals surface area contributed by atoms with E-state index < -0.39 is 12.0 Å². The molecule has 1 aromatic heterocycles. The van der Waals surface area contributed by atoms with Crippen molar-refractivity contribution >= 4 is 23.4 Å². The number of carboxylic acids is 1. The van der Waals surface area contributed by atoms with Gasteiger partial charge in [0.2, 0.25) is 0 Å². The molecule has 1 N–H and O–H groups in total. The van der Waals surface area contributed by atoms with Crippen molar-refractivity contribution in [2.24, 2.45) is 0 Å². The predicted molar refractivity (Wildman–Crippen MR) is 51.6 cm³/mol. The van der Waals surface area contributed by atoms with E-state index in [1.165, 1.54) is 10.3 Å². The van der Waals surface area contributed by atoms with Crippen molar-refractivity contribution in [1.82, 2.24) is 14.5 Å². The second kappa shape index (κ2) is 3.93. The summed E-state index contributed by atoms with van der Waals surface area (Å²) in [4.78, 5) is 24.0. The van der Waals surface area contributed by atoms with Gasteiger partial charge in [0, 0.05) is 11.9 Å². The minimum absolute atomic E-state index is 0.230. The molecular formula is C8H9N3O3S. The molecule has 80 valence electrons. The first-order chi connectivity index (χ1) is 7.20. The molecule has 0 radical (unpaired) electrons. The van der Waals surface area contributed by atoms with Gasteiger partial charge >= 0.3 is 5.97 Å². The number of hydrogen-bond donors (Lipinski definition) is 1. The van der Waals surface area contributed by atoms with E-state index in [0.717, 1.165) is 18.0 Å². The lowest BCUT2D eigenvalue weighted by Crippen LogP contribution is -2.40. The molecule has 0 saturated carbocycles. The summed E-state index contributed by atoms with van der Waals surface area (Å²) in [6.07, 6.45) is 1.24. The van der Waals surface area contributed by atoms with Gasteiger partial charge < -0.3 is 10.0 Å². The zero-order chi connectivity index (χ0) is 10.8. The number of carboxylic acid groups (broad SMARTS) is 1. The summed E-state index contributed by atoms with van der Waals surface area (Å²) in [5, 5.41) is 14.1. The molecule has 2 heterocycles. The number of amides is 1. The highest BCUT2D eigenvalue weighted by atomic mass is 32.1. The average molecular weight is 227 g/mol. The lowest BCUT2D eigenvalue weighted by molar-refractivity contribution is -0.141. The molecule has 1 aliphatic heterocycles. The maximum absolute atomic E-state index is 11.8. The third-order valence-corrected chi connectivity index (χ3v) is 2.88. The van der Waals surface area contributed by atoms with E-state index in [0.29, 0.717) is 13.0 Å². The van der Waals surface area contributed by atoms with Crippen LogP contribution in [-0.2, 0) is 4.79 Å². The Balaban J connectivity index is 2.17. The van der Waals surface area contributed by atoms with Crippen LogP contribution in [-0.4, -0.2) is 44.1 Å². The number of carbonyl (C=O) groups is 2. The molecule has 1 aliphatic rings. The summed E-state index contributed by atoms with van der Waals surface area (Å²) >= 11 is 1.08. The number of nitrogens with zero attached hydrogens (tertiary/aromatic N) is 3. The Morgan fingerprint density at radius 2 is 2.40 bits per heavy atom. The van der Waals surface area contributed by atoms with Crippen LogP contribution in [0.25, 0.3) is 0 Å². The highest BCUT2D eigenvalue weighted by Crippen LogP contribution is 2.19. The Labute approximate surface area is 89.7 Å². The molecule has 0 aromatic carbocycles. The fourth-order valence-corrected chi connectivity index (χ4v) is 2.10. The monoisotopic (exact) mass is 227 g/mol. The molecule has 0 spiro atoms. The number of likely N-dealkylation sites (tertiary alicyclic amines) is 1. The number of carbonyl (C=O) groups excluding carboxylic acids is 1. The number of rotatable bonds is 2. The lowest BCUT2D eigenvalue weighted by atomic mass is 10.2. The first-order valence-electron chi connectivity index (χ1n) is 4.51. The van der Waals surface area contributed by atoms with E-state index >= 15 is 0 Å². The molecule has 1 saturated heterocycles. The second-order valence-corrected chi connectivity index (χ2v) is 3.89. The van der Waals surface area contributed by atoms with Crippen LogP contribution in [0, 0.1) is 0 Å². The summed E-state index contributed by atoms with van der Waals surface area (Å²) in [5.74, 6) is -1.29. The first-order valence-corrected chi connectivity index (χ1v) is 5.34. The molecule has 1 unspecified atom stereocenters. The van der Waals surface area contributed by atoms with E-state index in [9.17, 15) is 9.59 Å². The number of aliphatic carboxylic acids is 1. The molecule has 0 bridgehead atoms. The smallest absolute Gasteiger partial charge is 0.326 e. The molecule has 6 nitrogen and oxygen atoms in total. The van der Waals surface area contributed by atoms with Gasteiger partial charge in [0.1, 0.15) is 6.04 Å². The third kappa shape index (κ3) is 1.82. The van der Waals surface area contributed by atoms with Crippen LogP contribution >= 0.6 is 11.5 Å². The van der Waals surface area contributed by atoms with E-state index in [1.807, 2.05) is 0 Å². The molecule has 15 heavy (non-hydrogen) atoms. The Kier molecular flexibility index (Phi) is 2.63. The Hall–Kier alpha value is -1.50. The van der Waals surface area contributed by atoms with Crippen LogP contribution in [0.15, 0.2) is 5.38 Å². The van der Waals surface area contributed by atoms with Gasteiger partial charge in [0.15, 0.2) is 5.69 Å². The van der Waals surface area contributed by atoms with Crippen LogP contribution in [0.1, 0.15) is 23.3 Å². The molecule has 1 fully saturated rings. The first kappa shape index (κ1) is 10.0. The van der Waals surface area contributed by atoms with Gasteiger partial charge in [0.25, 0.3) is 5.91 Å². The average Bonchev–Trinajstić information content (AvgIpc) is 2.88. The van der Waals surface area contributed by atoms with Gasteiger partial charge in [-0.15, -0.1) is 5.10 Å². The summed E-state index contributed by atoms with van der Waals surface area (Å²) in [6.45, 7) is 0.479. The molecule has 1 atom stereocenters. The normalized spacial score (nSPS) is 20.5. The molecule has 2 rings (SSSR count). The van der Waals surface area contributed by atoms with Crippen LogP contribution in [0.4, 0.5) is 0 Å². The van der Waals surface area contributed by atoms with E-state index in [-0.39, 0.29) is 11.6 Å². The van der Waals surface area contributed by atoms with Crippen molar-refractivity contribution in [3.8, 4) is 0 Å². The van der Waals surface area contributed by atoms with Crippen molar-refractivity contribution in [2.75, 3.05) is 6.54 Å². The molecule has 1 amide bonds. The van der Waals surface area contributed by atoms with Gasteiger partial charge in [-0.05, 0) is 24.4 Å². The molecule has 1 aromatic rings. The maximum Gasteiger partial charge on any atom is 0.326 e. The van der Waals surface area contributed by atoms with Gasteiger partial charge in [-0.1, -0.05) is 4.49 Å². The summed E-state index contributed by atoms with van der Waals surface area (Å²) in [5.41, 5.74) is 0.230. The van der Waals surface area contributed by atoms with Gasteiger partial charge in [-0.25, -0.2) is 4.79 Å². The van der Waals surface area contributed by atoms with Gasteiger partial charge in [-0.2, -0.15) is 0 Å². The molecule has 7 heteroatoms.